The van der Waals surface area contributed by atoms with Gasteiger partial charge in [0.15, 0.2) is 0 Å². The fourth-order valence-corrected chi connectivity index (χ4v) is 2.64. The van der Waals surface area contributed by atoms with Crippen LogP contribution in [-0.2, 0) is 10.8 Å². The minimum absolute atomic E-state index is 0.142. The summed E-state index contributed by atoms with van der Waals surface area (Å²) in [6.45, 7) is 15.6. The molecule has 0 aliphatic carbocycles. The Labute approximate surface area is 129 Å². The van der Waals surface area contributed by atoms with E-state index < -0.39 is 0 Å². The molecule has 1 aromatic heterocycles. The summed E-state index contributed by atoms with van der Waals surface area (Å²) in [7, 11) is 0. The molecule has 0 fully saturated rings. The number of hydrogen-bond acceptors (Lipinski definition) is 1. The molecular weight excluding hydrogens is 254 g/mol. The monoisotopic (exact) mass is 281 g/mol. The summed E-state index contributed by atoms with van der Waals surface area (Å²) in [6, 6.07) is 10.9. The maximum atomic E-state index is 4.70. The second-order valence-electron chi connectivity index (χ2n) is 7.97. The van der Waals surface area contributed by atoms with Crippen molar-refractivity contribution in [3.8, 4) is 11.3 Å². The smallest absolute Gasteiger partial charge is 0.0704 e. The first-order chi connectivity index (χ1) is 9.59. The summed E-state index contributed by atoms with van der Waals surface area (Å²) in [5.41, 5.74) is 6.54. The van der Waals surface area contributed by atoms with E-state index in [0.717, 1.165) is 5.69 Å². The molecule has 0 spiro atoms. The van der Waals surface area contributed by atoms with Gasteiger partial charge in [-0.15, -0.1) is 0 Å². The van der Waals surface area contributed by atoms with Gasteiger partial charge < -0.3 is 0 Å². The highest BCUT2D eigenvalue weighted by molar-refractivity contribution is 5.62. The second kappa shape index (κ2) is 5.29. The zero-order valence-corrected chi connectivity index (χ0v) is 14.4. The van der Waals surface area contributed by atoms with Crippen LogP contribution in [0.1, 0.15) is 58.2 Å². The number of aromatic nitrogens is 1. The van der Waals surface area contributed by atoms with E-state index in [2.05, 4.69) is 78.8 Å². The lowest BCUT2D eigenvalue weighted by Crippen LogP contribution is -2.13. The maximum Gasteiger partial charge on any atom is 0.0704 e. The van der Waals surface area contributed by atoms with E-state index in [9.17, 15) is 0 Å². The molecule has 0 bridgehead atoms. The van der Waals surface area contributed by atoms with Crippen LogP contribution in [0.5, 0.6) is 0 Å². The minimum Gasteiger partial charge on any atom is -0.256 e. The lowest BCUT2D eigenvalue weighted by Gasteiger charge is -2.22. The van der Waals surface area contributed by atoms with Gasteiger partial charge in [-0.1, -0.05) is 59.7 Å². The van der Waals surface area contributed by atoms with Crippen LogP contribution in [0.25, 0.3) is 11.3 Å². The Kier molecular flexibility index (Phi) is 3.97. The van der Waals surface area contributed by atoms with Crippen LogP contribution in [0.3, 0.4) is 0 Å². The number of nitrogens with zero attached hydrogens (tertiary/aromatic N) is 1. The summed E-state index contributed by atoms with van der Waals surface area (Å²) in [5, 5.41) is 0. The van der Waals surface area contributed by atoms with Crippen molar-refractivity contribution in [1.29, 1.82) is 0 Å². The Morgan fingerprint density at radius 1 is 0.857 bits per heavy atom. The summed E-state index contributed by atoms with van der Waals surface area (Å²) >= 11 is 0. The molecule has 112 valence electrons. The van der Waals surface area contributed by atoms with Gasteiger partial charge in [-0.05, 0) is 46.6 Å². The molecule has 1 heteroatoms. The average Bonchev–Trinajstić information content (AvgIpc) is 2.36. The molecule has 0 amide bonds. The Morgan fingerprint density at radius 2 is 1.52 bits per heavy atom. The first-order valence-electron chi connectivity index (χ1n) is 7.67. The van der Waals surface area contributed by atoms with E-state index in [1.165, 1.54) is 22.3 Å². The van der Waals surface area contributed by atoms with Crippen LogP contribution >= 0.6 is 0 Å². The van der Waals surface area contributed by atoms with Crippen LogP contribution in [0.15, 0.2) is 36.5 Å². The highest BCUT2D eigenvalue weighted by atomic mass is 14.7. The van der Waals surface area contributed by atoms with Gasteiger partial charge in [-0.3, -0.25) is 4.98 Å². The predicted octanol–water partition coefficient (Wildman–Crippen LogP) is 5.65. The Bertz CT molecular complexity index is 640. The largest absolute Gasteiger partial charge is 0.256 e. The van der Waals surface area contributed by atoms with E-state index >= 15 is 0 Å². The zero-order valence-electron chi connectivity index (χ0n) is 14.4. The van der Waals surface area contributed by atoms with E-state index in [0.29, 0.717) is 0 Å². The number of rotatable bonds is 1. The molecule has 0 saturated heterocycles. The topological polar surface area (TPSA) is 12.9 Å². The van der Waals surface area contributed by atoms with Gasteiger partial charge >= 0.3 is 0 Å². The van der Waals surface area contributed by atoms with Crippen molar-refractivity contribution in [2.75, 3.05) is 0 Å². The van der Waals surface area contributed by atoms with Gasteiger partial charge in [0.1, 0.15) is 0 Å². The number of pyridine rings is 1. The van der Waals surface area contributed by atoms with E-state index in [4.69, 9.17) is 4.98 Å². The molecule has 0 N–H and O–H groups in total. The van der Waals surface area contributed by atoms with Gasteiger partial charge in [-0.2, -0.15) is 0 Å². The Balaban J connectivity index is 2.47. The minimum atomic E-state index is 0.142. The maximum absolute atomic E-state index is 4.70. The fraction of sp³-hybridized carbons (Fsp3) is 0.450. The van der Waals surface area contributed by atoms with Gasteiger partial charge in [0.2, 0.25) is 0 Å². The third-order valence-corrected chi connectivity index (χ3v) is 3.94. The number of benzene rings is 1. The van der Waals surface area contributed by atoms with Gasteiger partial charge in [0.25, 0.3) is 0 Å². The fourth-order valence-electron chi connectivity index (χ4n) is 2.64. The van der Waals surface area contributed by atoms with Crippen molar-refractivity contribution in [3.05, 3.63) is 53.2 Å². The Morgan fingerprint density at radius 3 is 2.05 bits per heavy atom. The highest BCUT2D eigenvalue weighted by Crippen LogP contribution is 2.30. The molecule has 21 heavy (non-hydrogen) atoms. The molecular formula is C20H27N. The van der Waals surface area contributed by atoms with Crippen molar-refractivity contribution in [2.24, 2.45) is 0 Å². The van der Waals surface area contributed by atoms with Gasteiger partial charge in [0, 0.05) is 11.8 Å². The molecule has 0 unspecified atom stereocenters. The summed E-state index contributed by atoms with van der Waals surface area (Å²) < 4.78 is 0. The van der Waals surface area contributed by atoms with Crippen LogP contribution in [0, 0.1) is 6.92 Å². The molecule has 1 heterocycles. The number of hydrogen-bond donors (Lipinski definition) is 0. The summed E-state index contributed by atoms with van der Waals surface area (Å²) in [5.74, 6) is 0. The molecule has 0 radical (unpaired) electrons. The van der Waals surface area contributed by atoms with E-state index in [1.807, 2.05) is 6.20 Å². The molecule has 2 aromatic rings. The first-order valence-corrected chi connectivity index (χ1v) is 7.67. The van der Waals surface area contributed by atoms with Crippen LogP contribution in [0.4, 0.5) is 0 Å². The van der Waals surface area contributed by atoms with E-state index in [-0.39, 0.29) is 10.8 Å². The summed E-state index contributed by atoms with van der Waals surface area (Å²) in [4.78, 5) is 4.70. The second-order valence-corrected chi connectivity index (χ2v) is 7.97. The standard InChI is InChI=1S/C20H27N/c1-14-11-18(21-13-17(14)20(5,6)7)15-9-8-10-16(12-15)19(2,3)4/h8-13H,1-7H3. The predicted molar refractivity (Wildman–Crippen MR) is 91.8 cm³/mol. The van der Waals surface area contributed by atoms with Crippen molar-refractivity contribution in [2.45, 2.75) is 59.3 Å². The first kappa shape index (κ1) is 15.8. The van der Waals surface area contributed by atoms with Crippen molar-refractivity contribution >= 4 is 0 Å². The van der Waals surface area contributed by atoms with Crippen LogP contribution in [0.2, 0.25) is 0 Å². The van der Waals surface area contributed by atoms with Gasteiger partial charge in [-0.25, -0.2) is 0 Å². The zero-order chi connectivity index (χ0) is 15.8. The number of aryl methyl sites for hydroxylation is 1. The quantitative estimate of drug-likeness (QED) is 0.658. The summed E-state index contributed by atoms with van der Waals surface area (Å²) in [6.07, 6.45) is 2.04. The molecule has 0 aliphatic rings. The van der Waals surface area contributed by atoms with Crippen molar-refractivity contribution in [1.82, 2.24) is 4.98 Å². The SMILES string of the molecule is Cc1cc(-c2cccc(C(C)(C)C)c2)ncc1C(C)(C)C. The van der Waals surface area contributed by atoms with Crippen LogP contribution in [-0.4, -0.2) is 4.98 Å². The molecule has 0 aliphatic heterocycles. The molecule has 1 aromatic carbocycles. The lowest BCUT2D eigenvalue weighted by atomic mass is 9.84. The molecule has 2 rings (SSSR count). The van der Waals surface area contributed by atoms with Crippen LogP contribution < -0.4 is 0 Å². The normalized spacial score (nSPS) is 12.5. The third kappa shape index (κ3) is 3.53. The highest BCUT2D eigenvalue weighted by Gasteiger charge is 2.18. The lowest BCUT2D eigenvalue weighted by molar-refractivity contribution is 0.583. The molecule has 0 saturated carbocycles. The molecule has 1 nitrogen and oxygen atoms in total. The van der Waals surface area contributed by atoms with Crippen molar-refractivity contribution < 1.29 is 0 Å². The third-order valence-electron chi connectivity index (χ3n) is 3.94. The van der Waals surface area contributed by atoms with E-state index in [1.54, 1.807) is 0 Å². The van der Waals surface area contributed by atoms with Crippen molar-refractivity contribution in [3.63, 3.8) is 0 Å². The van der Waals surface area contributed by atoms with Gasteiger partial charge in [0.05, 0.1) is 5.69 Å². The average molecular weight is 281 g/mol. The molecule has 0 atom stereocenters. The Hall–Kier alpha value is -1.63.